The van der Waals surface area contributed by atoms with E-state index in [1.54, 1.807) is 13.3 Å². The molecule has 0 aliphatic rings. The summed E-state index contributed by atoms with van der Waals surface area (Å²) in [5.74, 6) is 0.0457. The average Bonchev–Trinajstić information content (AvgIpc) is 2.88. The molecule has 2 rings (SSSR count). The highest BCUT2D eigenvalue weighted by atomic mass is 16.5. The van der Waals surface area contributed by atoms with Crippen molar-refractivity contribution in [3.63, 3.8) is 0 Å². The van der Waals surface area contributed by atoms with Gasteiger partial charge in [-0.3, -0.25) is 9.48 Å². The predicted octanol–water partition coefficient (Wildman–Crippen LogP) is 2.40. The van der Waals surface area contributed by atoms with E-state index in [-0.39, 0.29) is 5.78 Å². The van der Waals surface area contributed by atoms with Crippen molar-refractivity contribution in [3.8, 4) is 0 Å². The van der Waals surface area contributed by atoms with E-state index in [9.17, 15) is 4.79 Å². The maximum absolute atomic E-state index is 12.3. The SMILES string of the molecule is CCn1cc(CC(=O)C(OC)c2ccccc2)cn1. The van der Waals surface area contributed by atoms with Gasteiger partial charge in [0.15, 0.2) is 5.78 Å². The molecule has 4 heteroatoms. The summed E-state index contributed by atoms with van der Waals surface area (Å²) in [6, 6.07) is 9.54. The molecule has 2 aromatic rings. The molecule has 0 aliphatic carbocycles. The van der Waals surface area contributed by atoms with E-state index in [0.29, 0.717) is 6.42 Å². The molecular weight excluding hydrogens is 240 g/mol. The molecule has 1 aromatic heterocycles. The molecule has 0 bridgehead atoms. The smallest absolute Gasteiger partial charge is 0.170 e. The molecule has 0 saturated heterocycles. The van der Waals surface area contributed by atoms with Crippen LogP contribution in [0.3, 0.4) is 0 Å². The highest BCUT2D eigenvalue weighted by molar-refractivity contribution is 5.86. The van der Waals surface area contributed by atoms with Crippen LogP contribution in [-0.2, 0) is 22.5 Å². The molecule has 0 radical (unpaired) electrons. The molecule has 19 heavy (non-hydrogen) atoms. The minimum absolute atomic E-state index is 0.0457. The van der Waals surface area contributed by atoms with Crippen LogP contribution in [0.1, 0.15) is 24.2 Å². The summed E-state index contributed by atoms with van der Waals surface area (Å²) >= 11 is 0. The number of carbonyl (C=O) groups excluding carboxylic acids is 1. The Balaban J connectivity index is 2.09. The van der Waals surface area contributed by atoms with Gasteiger partial charge in [0.25, 0.3) is 0 Å². The van der Waals surface area contributed by atoms with E-state index in [4.69, 9.17) is 4.74 Å². The number of aryl methyl sites for hydroxylation is 1. The van der Waals surface area contributed by atoms with E-state index >= 15 is 0 Å². The molecule has 0 spiro atoms. The van der Waals surface area contributed by atoms with Crippen LogP contribution in [0.4, 0.5) is 0 Å². The van der Waals surface area contributed by atoms with Gasteiger partial charge in [0.1, 0.15) is 6.10 Å². The molecule has 0 saturated carbocycles. The lowest BCUT2D eigenvalue weighted by atomic mass is 10.0. The van der Waals surface area contributed by atoms with Gasteiger partial charge in [-0.15, -0.1) is 0 Å². The lowest BCUT2D eigenvalue weighted by Gasteiger charge is -2.13. The van der Waals surface area contributed by atoms with Crippen LogP contribution in [0, 0.1) is 0 Å². The van der Waals surface area contributed by atoms with Crippen molar-refractivity contribution in [3.05, 3.63) is 53.9 Å². The zero-order valence-corrected chi connectivity index (χ0v) is 11.2. The van der Waals surface area contributed by atoms with Crippen molar-refractivity contribution >= 4 is 5.78 Å². The predicted molar refractivity (Wildman–Crippen MR) is 72.8 cm³/mol. The van der Waals surface area contributed by atoms with Crippen molar-refractivity contribution in [2.45, 2.75) is 26.0 Å². The van der Waals surface area contributed by atoms with Crippen LogP contribution in [0.2, 0.25) is 0 Å². The summed E-state index contributed by atoms with van der Waals surface area (Å²) < 4.78 is 7.14. The Morgan fingerprint density at radius 2 is 2.11 bits per heavy atom. The number of carbonyl (C=O) groups is 1. The van der Waals surface area contributed by atoms with Crippen LogP contribution in [0.25, 0.3) is 0 Å². The van der Waals surface area contributed by atoms with E-state index in [2.05, 4.69) is 5.10 Å². The fourth-order valence-electron chi connectivity index (χ4n) is 2.05. The first-order chi connectivity index (χ1) is 9.24. The molecular formula is C15H18N2O2. The first kappa shape index (κ1) is 13.5. The number of aromatic nitrogens is 2. The van der Waals surface area contributed by atoms with Crippen LogP contribution >= 0.6 is 0 Å². The number of benzene rings is 1. The van der Waals surface area contributed by atoms with Crippen LogP contribution in [0.15, 0.2) is 42.7 Å². The molecule has 1 atom stereocenters. The molecule has 0 N–H and O–H groups in total. The van der Waals surface area contributed by atoms with E-state index in [1.807, 2.05) is 48.1 Å². The van der Waals surface area contributed by atoms with Crippen molar-refractivity contribution < 1.29 is 9.53 Å². The van der Waals surface area contributed by atoms with Gasteiger partial charge in [0.2, 0.25) is 0 Å². The standard InChI is InChI=1S/C15H18N2O2/c1-3-17-11-12(10-16-17)9-14(18)15(19-2)13-7-5-4-6-8-13/h4-8,10-11,15H,3,9H2,1-2H3. The summed E-state index contributed by atoms with van der Waals surface area (Å²) in [6.07, 6.45) is 3.47. The maximum Gasteiger partial charge on any atom is 0.170 e. The molecule has 1 heterocycles. The van der Waals surface area contributed by atoms with Crippen molar-refractivity contribution in [2.24, 2.45) is 0 Å². The number of rotatable bonds is 6. The monoisotopic (exact) mass is 258 g/mol. The third-order valence-electron chi connectivity index (χ3n) is 3.02. The minimum Gasteiger partial charge on any atom is -0.369 e. The molecule has 100 valence electrons. The number of methoxy groups -OCH3 is 1. The highest BCUT2D eigenvalue weighted by Crippen LogP contribution is 2.19. The van der Waals surface area contributed by atoms with Gasteiger partial charge in [-0.1, -0.05) is 30.3 Å². The molecule has 4 nitrogen and oxygen atoms in total. The van der Waals surface area contributed by atoms with Crippen LogP contribution in [0.5, 0.6) is 0 Å². The third-order valence-corrected chi connectivity index (χ3v) is 3.02. The van der Waals surface area contributed by atoms with E-state index in [1.165, 1.54) is 0 Å². The summed E-state index contributed by atoms with van der Waals surface area (Å²) in [4.78, 5) is 12.3. The summed E-state index contributed by atoms with van der Waals surface area (Å²) in [5, 5.41) is 4.17. The fourth-order valence-corrected chi connectivity index (χ4v) is 2.05. The number of ether oxygens (including phenoxy) is 1. The normalized spacial score (nSPS) is 12.3. The second kappa shape index (κ2) is 6.29. The zero-order valence-electron chi connectivity index (χ0n) is 11.2. The molecule has 1 aromatic carbocycles. The maximum atomic E-state index is 12.3. The molecule has 0 aliphatic heterocycles. The number of hydrogen-bond donors (Lipinski definition) is 0. The van der Waals surface area contributed by atoms with Crippen LogP contribution < -0.4 is 0 Å². The summed E-state index contributed by atoms with van der Waals surface area (Å²) in [5.41, 5.74) is 1.81. The average molecular weight is 258 g/mol. The first-order valence-electron chi connectivity index (χ1n) is 6.36. The van der Waals surface area contributed by atoms with Gasteiger partial charge in [0, 0.05) is 26.3 Å². The molecule has 1 unspecified atom stereocenters. The second-order valence-electron chi connectivity index (χ2n) is 4.37. The fraction of sp³-hybridized carbons (Fsp3) is 0.333. The topological polar surface area (TPSA) is 44.1 Å². The third kappa shape index (κ3) is 3.29. The zero-order chi connectivity index (χ0) is 13.7. The second-order valence-corrected chi connectivity index (χ2v) is 4.37. The summed E-state index contributed by atoms with van der Waals surface area (Å²) in [6.45, 7) is 2.82. The Hall–Kier alpha value is -1.94. The number of hydrogen-bond acceptors (Lipinski definition) is 3. The Morgan fingerprint density at radius 3 is 2.68 bits per heavy atom. The van der Waals surface area contributed by atoms with E-state index < -0.39 is 6.10 Å². The van der Waals surface area contributed by atoms with Gasteiger partial charge in [-0.2, -0.15) is 5.10 Å². The van der Waals surface area contributed by atoms with Gasteiger partial charge in [-0.25, -0.2) is 0 Å². The largest absolute Gasteiger partial charge is 0.369 e. The lowest BCUT2D eigenvalue weighted by Crippen LogP contribution is -2.16. The Bertz CT molecular complexity index is 534. The quantitative estimate of drug-likeness (QED) is 0.799. The summed E-state index contributed by atoms with van der Waals surface area (Å²) in [7, 11) is 1.56. The van der Waals surface area contributed by atoms with Crippen molar-refractivity contribution in [1.82, 2.24) is 9.78 Å². The van der Waals surface area contributed by atoms with E-state index in [0.717, 1.165) is 17.7 Å². The lowest BCUT2D eigenvalue weighted by molar-refractivity contribution is -0.128. The highest BCUT2D eigenvalue weighted by Gasteiger charge is 2.20. The first-order valence-corrected chi connectivity index (χ1v) is 6.36. The Morgan fingerprint density at radius 1 is 1.37 bits per heavy atom. The van der Waals surface area contributed by atoms with Crippen molar-refractivity contribution in [2.75, 3.05) is 7.11 Å². The van der Waals surface area contributed by atoms with Gasteiger partial charge < -0.3 is 4.74 Å². The Labute approximate surface area is 113 Å². The van der Waals surface area contributed by atoms with Gasteiger partial charge in [-0.05, 0) is 18.1 Å². The minimum atomic E-state index is -0.508. The van der Waals surface area contributed by atoms with Gasteiger partial charge >= 0.3 is 0 Å². The number of nitrogens with zero attached hydrogens (tertiary/aromatic N) is 2. The molecule has 0 amide bonds. The van der Waals surface area contributed by atoms with Gasteiger partial charge in [0.05, 0.1) is 6.20 Å². The Kier molecular flexibility index (Phi) is 4.47. The number of Topliss-reactive ketones (excluding diaryl/α,β-unsaturated/α-hetero) is 1. The number of ketones is 1. The molecule has 0 fully saturated rings. The van der Waals surface area contributed by atoms with Crippen molar-refractivity contribution in [1.29, 1.82) is 0 Å². The van der Waals surface area contributed by atoms with Crippen LogP contribution in [-0.4, -0.2) is 22.7 Å².